The van der Waals surface area contributed by atoms with Crippen LogP contribution in [-0.4, -0.2) is 35.4 Å². The molecule has 0 amide bonds. The molecule has 1 aromatic rings. The number of aromatic amines is 1. The fraction of sp³-hybridized carbons (Fsp3) is 0.600. The summed E-state index contributed by atoms with van der Waals surface area (Å²) in [5, 5.41) is 17.2. The standard InChI is InChI=1S/C10H11Cl3N2O5/c1-4-3-15(8(18)14-7(4)17)6-2-5(16)9(11,20-6)10(12,13)19/h3,5-6,16,19H,2H2,1H3,(H,14,17,18)/t5-,6+,9-/m0/s1. The molecule has 0 aliphatic carbocycles. The van der Waals surface area contributed by atoms with Gasteiger partial charge in [0.2, 0.25) is 5.06 Å². The van der Waals surface area contributed by atoms with Gasteiger partial charge in [-0.2, -0.15) is 0 Å². The van der Waals surface area contributed by atoms with E-state index in [0.29, 0.717) is 0 Å². The van der Waals surface area contributed by atoms with Gasteiger partial charge < -0.3 is 14.9 Å². The first-order valence-corrected chi connectivity index (χ1v) is 6.66. The molecular formula is C10H11Cl3N2O5. The summed E-state index contributed by atoms with van der Waals surface area (Å²) in [7, 11) is 0. The van der Waals surface area contributed by atoms with Gasteiger partial charge in [0, 0.05) is 18.2 Å². The van der Waals surface area contributed by atoms with Gasteiger partial charge in [0.1, 0.15) is 12.3 Å². The Balaban J connectivity index is 2.41. The Kier molecular flexibility index (Phi) is 3.96. The van der Waals surface area contributed by atoms with Crippen molar-refractivity contribution in [3.63, 3.8) is 0 Å². The summed E-state index contributed by atoms with van der Waals surface area (Å²) in [6, 6.07) is 0. The van der Waals surface area contributed by atoms with E-state index < -0.39 is 33.2 Å². The second-order valence-corrected chi connectivity index (χ2v) is 6.34. The Labute approximate surface area is 127 Å². The van der Waals surface area contributed by atoms with E-state index in [2.05, 4.69) is 4.98 Å². The minimum Gasteiger partial charge on any atom is -0.388 e. The van der Waals surface area contributed by atoms with Crippen molar-refractivity contribution in [2.75, 3.05) is 0 Å². The van der Waals surface area contributed by atoms with Crippen LogP contribution in [0.2, 0.25) is 0 Å². The Bertz CT molecular complexity index is 637. The zero-order valence-electron chi connectivity index (χ0n) is 10.1. The number of hydrogen-bond acceptors (Lipinski definition) is 5. The smallest absolute Gasteiger partial charge is 0.330 e. The zero-order chi connectivity index (χ0) is 15.3. The van der Waals surface area contributed by atoms with Crippen LogP contribution in [0.5, 0.6) is 0 Å². The van der Waals surface area contributed by atoms with Crippen LogP contribution in [0.25, 0.3) is 0 Å². The lowest BCUT2D eigenvalue weighted by Crippen LogP contribution is -2.49. The number of nitrogens with zero attached hydrogens (tertiary/aromatic N) is 1. The molecule has 1 saturated heterocycles. The van der Waals surface area contributed by atoms with Crippen LogP contribution in [0.4, 0.5) is 0 Å². The van der Waals surface area contributed by atoms with Crippen molar-refractivity contribution in [1.82, 2.24) is 9.55 Å². The number of halogens is 3. The molecule has 20 heavy (non-hydrogen) atoms. The number of rotatable bonds is 2. The summed E-state index contributed by atoms with van der Waals surface area (Å²) in [6.07, 6.45) is -1.35. The number of aliphatic hydroxyl groups excluding tert-OH is 1. The lowest BCUT2D eigenvalue weighted by molar-refractivity contribution is -0.102. The topological polar surface area (TPSA) is 105 Å². The highest BCUT2D eigenvalue weighted by molar-refractivity contribution is 6.51. The Morgan fingerprint density at radius 1 is 1.55 bits per heavy atom. The summed E-state index contributed by atoms with van der Waals surface area (Å²) >= 11 is 16.9. The third-order valence-electron chi connectivity index (χ3n) is 3.03. The van der Waals surface area contributed by atoms with Crippen LogP contribution < -0.4 is 11.2 Å². The van der Waals surface area contributed by atoms with E-state index in [0.717, 1.165) is 4.57 Å². The van der Waals surface area contributed by atoms with Crippen molar-refractivity contribution in [3.05, 3.63) is 32.6 Å². The minimum atomic E-state index is -2.57. The van der Waals surface area contributed by atoms with Gasteiger partial charge in [0.05, 0.1) is 0 Å². The fourth-order valence-electron chi connectivity index (χ4n) is 1.91. The molecule has 0 radical (unpaired) electrons. The lowest BCUT2D eigenvalue weighted by Gasteiger charge is -2.32. The molecule has 112 valence electrons. The molecule has 0 bridgehead atoms. The van der Waals surface area contributed by atoms with Gasteiger partial charge in [-0.15, -0.1) is 0 Å². The van der Waals surface area contributed by atoms with E-state index in [1.165, 1.54) is 13.1 Å². The Hall–Kier alpha value is -0.570. The van der Waals surface area contributed by atoms with E-state index in [1.54, 1.807) is 0 Å². The number of aromatic nitrogens is 2. The molecule has 7 nitrogen and oxygen atoms in total. The summed E-state index contributed by atoms with van der Waals surface area (Å²) < 4.78 is 3.70. The van der Waals surface area contributed by atoms with Gasteiger partial charge in [-0.1, -0.05) is 34.8 Å². The van der Waals surface area contributed by atoms with Crippen molar-refractivity contribution >= 4 is 34.8 Å². The molecule has 1 aliphatic heterocycles. The highest BCUT2D eigenvalue weighted by Crippen LogP contribution is 2.49. The van der Waals surface area contributed by atoms with Crippen LogP contribution in [0, 0.1) is 6.92 Å². The minimum absolute atomic E-state index is 0.142. The number of ether oxygens (including phenoxy) is 1. The first-order valence-electron chi connectivity index (χ1n) is 5.53. The molecule has 3 N–H and O–H groups in total. The van der Waals surface area contributed by atoms with Crippen molar-refractivity contribution in [3.8, 4) is 0 Å². The van der Waals surface area contributed by atoms with Crippen molar-refractivity contribution in [2.45, 2.75) is 35.3 Å². The molecule has 3 atom stereocenters. The van der Waals surface area contributed by atoms with Gasteiger partial charge >= 0.3 is 5.69 Å². The number of aryl methyl sites for hydroxylation is 1. The average molecular weight is 346 g/mol. The van der Waals surface area contributed by atoms with Crippen molar-refractivity contribution in [2.24, 2.45) is 0 Å². The average Bonchev–Trinajstić information content (AvgIpc) is 2.61. The van der Waals surface area contributed by atoms with Crippen LogP contribution in [0.3, 0.4) is 0 Å². The van der Waals surface area contributed by atoms with Gasteiger partial charge in [-0.3, -0.25) is 14.3 Å². The molecule has 1 aromatic heterocycles. The van der Waals surface area contributed by atoms with Crippen molar-refractivity contribution in [1.29, 1.82) is 0 Å². The zero-order valence-corrected chi connectivity index (χ0v) is 12.4. The second-order valence-electron chi connectivity index (χ2n) is 4.49. The highest BCUT2D eigenvalue weighted by atomic mass is 35.5. The molecule has 10 heteroatoms. The maximum absolute atomic E-state index is 11.7. The highest BCUT2D eigenvalue weighted by Gasteiger charge is 2.60. The van der Waals surface area contributed by atoms with E-state index >= 15 is 0 Å². The van der Waals surface area contributed by atoms with Gasteiger partial charge in [-0.25, -0.2) is 4.79 Å². The first kappa shape index (κ1) is 15.8. The largest absolute Gasteiger partial charge is 0.388 e. The van der Waals surface area contributed by atoms with Crippen molar-refractivity contribution < 1.29 is 14.9 Å². The summed E-state index contributed by atoms with van der Waals surface area (Å²) in [5.74, 6) is 0. The molecule has 0 aromatic carbocycles. The molecule has 1 fully saturated rings. The van der Waals surface area contributed by atoms with Crippen LogP contribution in [-0.2, 0) is 4.74 Å². The van der Waals surface area contributed by atoms with E-state index in [1.807, 2.05) is 0 Å². The summed E-state index contributed by atoms with van der Waals surface area (Å²) in [4.78, 5) is 25.1. The predicted octanol–water partition coefficient (Wildman–Crippen LogP) is 0.184. The van der Waals surface area contributed by atoms with Crippen LogP contribution >= 0.6 is 34.8 Å². The number of alkyl halides is 3. The van der Waals surface area contributed by atoms with E-state index in [9.17, 15) is 19.8 Å². The molecule has 0 spiro atoms. The first-order chi connectivity index (χ1) is 9.06. The molecule has 0 unspecified atom stereocenters. The fourth-order valence-corrected chi connectivity index (χ4v) is 2.44. The normalized spacial score (nSPS) is 30.7. The third kappa shape index (κ3) is 2.49. The van der Waals surface area contributed by atoms with Crippen LogP contribution in [0.1, 0.15) is 18.2 Å². The Morgan fingerprint density at radius 2 is 2.15 bits per heavy atom. The van der Waals surface area contributed by atoms with Gasteiger partial charge in [0.25, 0.3) is 10.1 Å². The molecule has 0 saturated carbocycles. The molecule has 1 aliphatic rings. The monoisotopic (exact) mass is 344 g/mol. The van der Waals surface area contributed by atoms with E-state index in [-0.39, 0.29) is 12.0 Å². The lowest BCUT2D eigenvalue weighted by atomic mass is 10.2. The number of nitrogens with one attached hydrogen (secondary N) is 1. The SMILES string of the molecule is Cc1cn([C@H]2C[C@H](O)[C@@](Cl)(C(O)(Cl)Cl)O2)c(=O)[nH]c1=O. The third-order valence-corrected chi connectivity index (χ3v) is 4.40. The summed E-state index contributed by atoms with van der Waals surface area (Å²) in [6.45, 7) is 1.49. The van der Waals surface area contributed by atoms with E-state index in [4.69, 9.17) is 39.5 Å². The molecular weight excluding hydrogens is 334 g/mol. The number of H-pyrrole nitrogens is 1. The quantitative estimate of drug-likeness (QED) is 0.664. The Morgan fingerprint density at radius 3 is 2.65 bits per heavy atom. The maximum atomic E-state index is 11.7. The molecule has 2 rings (SSSR count). The maximum Gasteiger partial charge on any atom is 0.330 e. The number of aliphatic hydroxyl groups is 2. The van der Waals surface area contributed by atoms with Crippen LogP contribution in [0.15, 0.2) is 15.8 Å². The molecule has 2 heterocycles. The predicted molar refractivity (Wildman–Crippen MR) is 72.0 cm³/mol. The second kappa shape index (κ2) is 5.01. The van der Waals surface area contributed by atoms with Gasteiger partial charge in [-0.05, 0) is 6.92 Å². The van der Waals surface area contributed by atoms with Gasteiger partial charge in [0.15, 0.2) is 0 Å². The summed E-state index contributed by atoms with van der Waals surface area (Å²) in [5.41, 5.74) is -1.01. The number of hydrogen-bond donors (Lipinski definition) is 3.